The molecule has 3 aromatic rings. The van der Waals surface area contributed by atoms with Crippen molar-refractivity contribution in [1.29, 1.82) is 0 Å². The van der Waals surface area contributed by atoms with Gasteiger partial charge in [0.25, 0.3) is 11.8 Å². The monoisotopic (exact) mass is 361 g/mol. The maximum Gasteiger partial charge on any atom is 0.381 e. The number of rotatable bonds is 3. The summed E-state index contributed by atoms with van der Waals surface area (Å²) in [6, 6.07) is 13.7. The summed E-state index contributed by atoms with van der Waals surface area (Å²) in [5, 5.41) is 7.21. The number of amides is 2. The number of hydroxylamine groups is 2. The first-order chi connectivity index (χ1) is 13.0. The van der Waals surface area contributed by atoms with Crippen LogP contribution in [0.5, 0.6) is 0 Å². The van der Waals surface area contributed by atoms with E-state index in [1.54, 1.807) is 12.1 Å². The molecule has 2 heterocycles. The molecule has 0 aliphatic carbocycles. The Morgan fingerprint density at radius 2 is 1.63 bits per heavy atom. The van der Waals surface area contributed by atoms with Gasteiger partial charge < -0.3 is 4.84 Å². The lowest BCUT2D eigenvalue weighted by Gasteiger charge is -2.11. The highest BCUT2D eigenvalue weighted by atomic mass is 16.7. The van der Waals surface area contributed by atoms with Crippen LogP contribution in [-0.2, 0) is 4.84 Å². The summed E-state index contributed by atoms with van der Waals surface area (Å²) in [4.78, 5) is 42.0. The number of benzene rings is 2. The molecular formula is C20H15N3O4. The first kappa shape index (κ1) is 16.7. The van der Waals surface area contributed by atoms with Crippen molar-refractivity contribution in [2.24, 2.45) is 0 Å². The van der Waals surface area contributed by atoms with Gasteiger partial charge in [0, 0.05) is 5.56 Å². The van der Waals surface area contributed by atoms with Crippen LogP contribution in [0.15, 0.2) is 48.5 Å². The molecule has 4 rings (SSSR count). The average Bonchev–Trinajstić information content (AvgIpc) is 3.22. The van der Waals surface area contributed by atoms with Crippen LogP contribution >= 0.6 is 0 Å². The lowest BCUT2D eigenvalue weighted by molar-refractivity contribution is -0.0588. The Labute approximate surface area is 154 Å². The van der Waals surface area contributed by atoms with Crippen molar-refractivity contribution in [3.8, 4) is 11.3 Å². The second-order valence-corrected chi connectivity index (χ2v) is 6.31. The average molecular weight is 361 g/mol. The fourth-order valence-electron chi connectivity index (χ4n) is 3.05. The number of fused-ring (bicyclic) bond motifs is 1. The smallest absolute Gasteiger partial charge is 0.323 e. The molecule has 134 valence electrons. The molecule has 1 aromatic heterocycles. The quantitative estimate of drug-likeness (QED) is 0.724. The molecule has 7 heteroatoms. The fourth-order valence-corrected chi connectivity index (χ4v) is 3.05. The molecule has 0 saturated heterocycles. The van der Waals surface area contributed by atoms with Gasteiger partial charge in [-0.1, -0.05) is 41.0 Å². The molecular weight excluding hydrogens is 346 g/mol. The number of H-pyrrole nitrogens is 1. The summed E-state index contributed by atoms with van der Waals surface area (Å²) in [6.07, 6.45) is 0. The Balaban J connectivity index is 1.56. The normalized spacial score (nSPS) is 13.0. The highest BCUT2D eigenvalue weighted by Gasteiger charge is 2.39. The van der Waals surface area contributed by atoms with Gasteiger partial charge in [0.05, 0.1) is 16.8 Å². The molecule has 2 aromatic carbocycles. The number of carbonyl (C=O) groups is 3. The third-order valence-corrected chi connectivity index (χ3v) is 4.39. The van der Waals surface area contributed by atoms with E-state index in [1.807, 2.05) is 32.0 Å². The molecule has 0 atom stereocenters. The third kappa shape index (κ3) is 2.79. The number of carbonyl (C=O) groups excluding carboxylic acids is 3. The Morgan fingerprint density at radius 3 is 2.26 bits per heavy atom. The number of hydrogen-bond donors (Lipinski definition) is 1. The van der Waals surface area contributed by atoms with E-state index in [-0.39, 0.29) is 16.8 Å². The zero-order chi connectivity index (χ0) is 19.1. The second kappa shape index (κ2) is 6.21. The number of nitrogens with zero attached hydrogens (tertiary/aromatic N) is 2. The van der Waals surface area contributed by atoms with Gasteiger partial charge in [-0.15, -0.1) is 0 Å². The first-order valence-electron chi connectivity index (χ1n) is 8.29. The predicted molar refractivity (Wildman–Crippen MR) is 95.9 cm³/mol. The van der Waals surface area contributed by atoms with Gasteiger partial charge in [-0.2, -0.15) is 5.10 Å². The summed E-state index contributed by atoms with van der Waals surface area (Å²) < 4.78 is 0. The fraction of sp³-hybridized carbons (Fsp3) is 0.100. The number of hydrogen-bond acceptors (Lipinski definition) is 5. The zero-order valence-corrected chi connectivity index (χ0v) is 14.6. The van der Waals surface area contributed by atoms with Gasteiger partial charge in [-0.25, -0.2) is 4.79 Å². The number of nitrogens with one attached hydrogen (secondary N) is 1. The summed E-state index contributed by atoms with van der Waals surface area (Å²) in [5.41, 5.74) is 4.03. The second-order valence-electron chi connectivity index (χ2n) is 6.31. The van der Waals surface area contributed by atoms with Crippen LogP contribution in [0.1, 0.15) is 42.3 Å². The molecule has 1 N–H and O–H groups in total. The van der Waals surface area contributed by atoms with Crippen LogP contribution in [0.3, 0.4) is 0 Å². The van der Waals surface area contributed by atoms with Gasteiger partial charge in [-0.05, 0) is 37.6 Å². The van der Waals surface area contributed by atoms with Gasteiger partial charge in [-0.3, -0.25) is 14.7 Å². The molecule has 2 amide bonds. The van der Waals surface area contributed by atoms with Crippen molar-refractivity contribution < 1.29 is 19.2 Å². The largest absolute Gasteiger partial charge is 0.381 e. The topological polar surface area (TPSA) is 92.4 Å². The first-order valence-corrected chi connectivity index (χ1v) is 8.29. The summed E-state index contributed by atoms with van der Waals surface area (Å²) in [6.45, 7) is 3.94. The summed E-state index contributed by atoms with van der Waals surface area (Å²) in [5.74, 6) is -2.20. The van der Waals surface area contributed by atoms with Crippen LogP contribution in [-0.4, -0.2) is 33.0 Å². The van der Waals surface area contributed by atoms with Crippen molar-refractivity contribution in [3.63, 3.8) is 0 Å². The SMILES string of the molecule is Cc1ccc(-c2cc(C(=O)ON3C(=O)c4ccccc4C3=O)[nH]n2)c(C)c1. The van der Waals surface area contributed by atoms with Gasteiger partial charge in [0.2, 0.25) is 0 Å². The Hall–Kier alpha value is -3.74. The van der Waals surface area contributed by atoms with E-state index < -0.39 is 17.8 Å². The van der Waals surface area contributed by atoms with Crippen molar-refractivity contribution in [2.75, 3.05) is 0 Å². The van der Waals surface area contributed by atoms with Crippen molar-refractivity contribution in [1.82, 2.24) is 15.3 Å². The molecule has 0 fully saturated rings. The Kier molecular flexibility index (Phi) is 3.84. The Bertz CT molecular complexity index is 1070. The predicted octanol–water partition coefficient (Wildman–Crippen LogP) is 3.06. The van der Waals surface area contributed by atoms with Crippen molar-refractivity contribution >= 4 is 17.8 Å². The minimum atomic E-state index is -0.868. The minimum Gasteiger partial charge on any atom is -0.323 e. The van der Waals surface area contributed by atoms with E-state index in [0.717, 1.165) is 16.7 Å². The molecule has 0 saturated carbocycles. The van der Waals surface area contributed by atoms with E-state index in [2.05, 4.69) is 10.2 Å². The molecule has 27 heavy (non-hydrogen) atoms. The van der Waals surface area contributed by atoms with Crippen LogP contribution in [0.2, 0.25) is 0 Å². The molecule has 7 nitrogen and oxygen atoms in total. The van der Waals surface area contributed by atoms with E-state index in [9.17, 15) is 14.4 Å². The third-order valence-electron chi connectivity index (χ3n) is 4.39. The number of imide groups is 1. The minimum absolute atomic E-state index is 0.0431. The summed E-state index contributed by atoms with van der Waals surface area (Å²) in [7, 11) is 0. The molecule has 1 aliphatic rings. The molecule has 0 unspecified atom stereocenters. The van der Waals surface area contributed by atoms with E-state index in [1.165, 1.54) is 18.2 Å². The standard InChI is InChI=1S/C20H15N3O4/c1-11-7-8-13(12(2)9-11)16-10-17(22-21-16)20(26)27-23-18(24)14-5-3-4-6-15(14)19(23)25/h3-10H,1-2H3,(H,21,22). The van der Waals surface area contributed by atoms with Crippen molar-refractivity contribution in [3.05, 3.63) is 76.5 Å². The van der Waals surface area contributed by atoms with Crippen LogP contribution in [0.25, 0.3) is 11.3 Å². The lowest BCUT2D eigenvalue weighted by Crippen LogP contribution is -2.32. The van der Waals surface area contributed by atoms with Gasteiger partial charge >= 0.3 is 5.97 Å². The van der Waals surface area contributed by atoms with Crippen molar-refractivity contribution in [2.45, 2.75) is 13.8 Å². The highest BCUT2D eigenvalue weighted by Crippen LogP contribution is 2.25. The molecule has 0 bridgehead atoms. The summed E-state index contributed by atoms with van der Waals surface area (Å²) >= 11 is 0. The van der Waals surface area contributed by atoms with Gasteiger partial charge in [0.1, 0.15) is 5.69 Å². The van der Waals surface area contributed by atoms with Gasteiger partial charge in [0.15, 0.2) is 0 Å². The number of aromatic amines is 1. The van der Waals surface area contributed by atoms with Crippen LogP contribution in [0, 0.1) is 13.8 Å². The van der Waals surface area contributed by atoms with E-state index in [0.29, 0.717) is 10.8 Å². The molecule has 0 spiro atoms. The maximum atomic E-state index is 12.4. The number of aryl methyl sites for hydroxylation is 2. The molecule has 1 aliphatic heterocycles. The highest BCUT2D eigenvalue weighted by molar-refractivity contribution is 6.21. The maximum absolute atomic E-state index is 12.4. The van der Waals surface area contributed by atoms with Crippen LogP contribution in [0.4, 0.5) is 0 Å². The number of aromatic nitrogens is 2. The van der Waals surface area contributed by atoms with E-state index >= 15 is 0 Å². The zero-order valence-electron chi connectivity index (χ0n) is 14.6. The van der Waals surface area contributed by atoms with Crippen LogP contribution < -0.4 is 0 Å². The Morgan fingerprint density at radius 1 is 0.963 bits per heavy atom. The lowest BCUT2D eigenvalue weighted by atomic mass is 10.0. The van der Waals surface area contributed by atoms with E-state index in [4.69, 9.17) is 4.84 Å². The molecule has 0 radical (unpaired) electrons.